The lowest BCUT2D eigenvalue weighted by atomic mass is 10.1. The summed E-state index contributed by atoms with van der Waals surface area (Å²) in [6.45, 7) is 3.70. The quantitative estimate of drug-likeness (QED) is 0.670. The van der Waals surface area contributed by atoms with E-state index in [1.807, 2.05) is 6.92 Å². The summed E-state index contributed by atoms with van der Waals surface area (Å²) in [6.07, 6.45) is 0.959. The number of hydrogen-bond acceptors (Lipinski definition) is 7. The molecule has 27 heavy (non-hydrogen) atoms. The van der Waals surface area contributed by atoms with Gasteiger partial charge in [-0.3, -0.25) is 4.79 Å². The fourth-order valence-corrected chi connectivity index (χ4v) is 2.51. The van der Waals surface area contributed by atoms with Gasteiger partial charge in [-0.05, 0) is 31.9 Å². The van der Waals surface area contributed by atoms with Crippen LogP contribution in [0.5, 0.6) is 11.5 Å². The zero-order chi connectivity index (χ0) is 19.8. The van der Waals surface area contributed by atoms with Gasteiger partial charge in [0.1, 0.15) is 22.8 Å². The number of amides is 1. The van der Waals surface area contributed by atoms with E-state index in [1.165, 1.54) is 14.2 Å². The zero-order valence-corrected chi connectivity index (χ0v) is 15.9. The molecule has 1 unspecified atom stereocenters. The number of methoxy groups -OCH3 is 2. The van der Waals surface area contributed by atoms with E-state index in [4.69, 9.17) is 18.7 Å². The minimum absolute atomic E-state index is 0.133. The highest BCUT2D eigenvalue weighted by molar-refractivity contribution is 5.99. The number of esters is 1. The number of unbranched alkanes of at least 4 members (excludes halogenated alkanes) is 1. The maximum Gasteiger partial charge on any atom is 0.346 e. The van der Waals surface area contributed by atoms with Gasteiger partial charge < -0.3 is 24.1 Å². The molecule has 1 atom stereocenters. The van der Waals surface area contributed by atoms with E-state index in [0.717, 1.165) is 6.42 Å². The van der Waals surface area contributed by atoms with Gasteiger partial charge in [-0.25, -0.2) is 4.79 Å². The van der Waals surface area contributed by atoms with Crippen molar-refractivity contribution in [1.29, 1.82) is 0 Å². The molecule has 8 nitrogen and oxygen atoms in total. The molecule has 146 valence electrons. The number of rotatable bonds is 9. The van der Waals surface area contributed by atoms with Crippen LogP contribution in [0.4, 0.5) is 5.82 Å². The van der Waals surface area contributed by atoms with Crippen molar-refractivity contribution in [3.8, 4) is 11.5 Å². The largest absolute Gasteiger partial charge is 0.496 e. The molecule has 0 aliphatic heterocycles. The molecule has 0 aliphatic rings. The van der Waals surface area contributed by atoms with E-state index in [9.17, 15) is 9.59 Å². The first-order valence-corrected chi connectivity index (χ1v) is 8.66. The van der Waals surface area contributed by atoms with Crippen LogP contribution in [0.3, 0.4) is 0 Å². The maximum absolute atomic E-state index is 12.7. The van der Waals surface area contributed by atoms with Crippen LogP contribution in [0.15, 0.2) is 28.8 Å². The number of aryl methyl sites for hydroxylation is 1. The first-order valence-electron chi connectivity index (χ1n) is 8.66. The Labute approximate surface area is 157 Å². The number of ether oxygens (including phenoxy) is 3. The Kier molecular flexibility index (Phi) is 7.22. The number of anilines is 1. The van der Waals surface area contributed by atoms with Crippen molar-refractivity contribution in [3.05, 3.63) is 35.6 Å². The highest BCUT2D eigenvalue weighted by atomic mass is 16.6. The average molecular weight is 376 g/mol. The molecule has 0 saturated heterocycles. The second-order valence-electron chi connectivity index (χ2n) is 5.89. The standard InChI is InChI=1S/C19H24N2O6/c1-5-6-8-15(18(22)20-16-11-12(2)27-21-16)26-19(23)17-13(24-3)9-7-10-14(17)25-4/h7,9-11,15H,5-6,8H2,1-4H3,(H,20,21,22). The third kappa shape index (κ3) is 5.22. The molecule has 0 bridgehead atoms. The van der Waals surface area contributed by atoms with E-state index in [2.05, 4.69) is 10.5 Å². The summed E-state index contributed by atoms with van der Waals surface area (Å²) in [4.78, 5) is 25.3. The van der Waals surface area contributed by atoms with Crippen molar-refractivity contribution >= 4 is 17.7 Å². The number of aromatic nitrogens is 1. The fraction of sp³-hybridized carbons (Fsp3) is 0.421. The van der Waals surface area contributed by atoms with Crippen molar-refractivity contribution in [3.63, 3.8) is 0 Å². The highest BCUT2D eigenvalue weighted by Crippen LogP contribution is 2.29. The average Bonchev–Trinajstić information content (AvgIpc) is 3.08. The van der Waals surface area contributed by atoms with Crippen LogP contribution in [-0.4, -0.2) is 37.4 Å². The minimum Gasteiger partial charge on any atom is -0.496 e. The Bertz CT molecular complexity index is 764. The molecule has 2 rings (SSSR count). The van der Waals surface area contributed by atoms with Gasteiger partial charge in [0, 0.05) is 6.07 Å². The molecule has 1 amide bonds. The van der Waals surface area contributed by atoms with E-state index < -0.39 is 18.0 Å². The lowest BCUT2D eigenvalue weighted by Gasteiger charge is -2.18. The highest BCUT2D eigenvalue weighted by Gasteiger charge is 2.27. The van der Waals surface area contributed by atoms with Crippen LogP contribution in [0.2, 0.25) is 0 Å². The smallest absolute Gasteiger partial charge is 0.346 e. The van der Waals surface area contributed by atoms with Crippen LogP contribution in [0, 0.1) is 6.92 Å². The van der Waals surface area contributed by atoms with Gasteiger partial charge in [0.25, 0.3) is 5.91 Å². The molecule has 2 aromatic rings. The predicted molar refractivity (Wildman–Crippen MR) is 98.1 cm³/mol. The van der Waals surface area contributed by atoms with Gasteiger partial charge in [0.05, 0.1) is 14.2 Å². The van der Waals surface area contributed by atoms with Crippen molar-refractivity contribution in [2.24, 2.45) is 0 Å². The SMILES string of the molecule is CCCCC(OC(=O)c1c(OC)cccc1OC)C(=O)Nc1cc(C)on1. The van der Waals surface area contributed by atoms with E-state index in [1.54, 1.807) is 31.2 Å². The Hall–Kier alpha value is -3.03. The second-order valence-corrected chi connectivity index (χ2v) is 5.89. The molecule has 8 heteroatoms. The van der Waals surface area contributed by atoms with Crippen molar-refractivity contribution < 1.29 is 28.3 Å². The van der Waals surface area contributed by atoms with E-state index >= 15 is 0 Å². The van der Waals surface area contributed by atoms with Gasteiger partial charge in [-0.15, -0.1) is 0 Å². The number of hydrogen-bond donors (Lipinski definition) is 1. The molecule has 1 aromatic heterocycles. The van der Waals surface area contributed by atoms with E-state index in [0.29, 0.717) is 30.1 Å². The van der Waals surface area contributed by atoms with Crippen LogP contribution in [0.1, 0.15) is 42.3 Å². The van der Waals surface area contributed by atoms with Crippen LogP contribution in [-0.2, 0) is 9.53 Å². The Morgan fingerprint density at radius 3 is 2.41 bits per heavy atom. The van der Waals surface area contributed by atoms with Gasteiger partial charge in [-0.1, -0.05) is 24.6 Å². The molecule has 0 aliphatic carbocycles. The monoisotopic (exact) mass is 376 g/mol. The zero-order valence-electron chi connectivity index (χ0n) is 15.9. The topological polar surface area (TPSA) is 99.9 Å². The van der Waals surface area contributed by atoms with Crippen molar-refractivity contribution in [1.82, 2.24) is 5.16 Å². The molecule has 1 heterocycles. The molecule has 0 spiro atoms. The summed E-state index contributed by atoms with van der Waals surface area (Å²) in [6, 6.07) is 6.53. The van der Waals surface area contributed by atoms with Crippen molar-refractivity contribution in [2.45, 2.75) is 39.2 Å². The number of nitrogens with one attached hydrogen (secondary N) is 1. The van der Waals surface area contributed by atoms with Crippen LogP contribution >= 0.6 is 0 Å². The van der Waals surface area contributed by atoms with E-state index in [-0.39, 0.29) is 11.4 Å². The first-order chi connectivity index (χ1) is 13.0. The maximum atomic E-state index is 12.7. The third-order valence-corrected chi connectivity index (χ3v) is 3.87. The summed E-state index contributed by atoms with van der Waals surface area (Å²) in [7, 11) is 2.89. The molecule has 0 saturated carbocycles. The lowest BCUT2D eigenvalue weighted by molar-refractivity contribution is -0.125. The summed E-state index contributed by atoms with van der Waals surface area (Å²) < 4.78 is 20.9. The molecular formula is C19H24N2O6. The number of nitrogens with zero attached hydrogens (tertiary/aromatic N) is 1. The van der Waals surface area contributed by atoms with Crippen molar-refractivity contribution in [2.75, 3.05) is 19.5 Å². The Balaban J connectivity index is 2.20. The van der Waals surface area contributed by atoms with Crippen LogP contribution < -0.4 is 14.8 Å². The Morgan fingerprint density at radius 2 is 1.89 bits per heavy atom. The second kappa shape index (κ2) is 9.61. The van der Waals surface area contributed by atoms with Gasteiger partial charge >= 0.3 is 5.97 Å². The molecule has 0 radical (unpaired) electrons. The summed E-state index contributed by atoms with van der Waals surface area (Å²) in [5.74, 6) is 0.272. The minimum atomic E-state index is -0.982. The summed E-state index contributed by atoms with van der Waals surface area (Å²) in [5, 5.41) is 6.33. The predicted octanol–water partition coefficient (Wildman–Crippen LogP) is 3.35. The van der Waals surface area contributed by atoms with Gasteiger partial charge in [0.2, 0.25) is 0 Å². The number of carbonyl (C=O) groups is 2. The third-order valence-electron chi connectivity index (χ3n) is 3.87. The van der Waals surface area contributed by atoms with Crippen LogP contribution in [0.25, 0.3) is 0 Å². The lowest BCUT2D eigenvalue weighted by Crippen LogP contribution is -2.33. The number of carbonyl (C=O) groups excluding carboxylic acids is 2. The fourth-order valence-electron chi connectivity index (χ4n) is 2.51. The summed E-state index contributed by atoms with van der Waals surface area (Å²) in [5.41, 5.74) is 0.133. The van der Waals surface area contributed by atoms with Gasteiger partial charge in [0.15, 0.2) is 11.9 Å². The molecule has 1 N–H and O–H groups in total. The summed E-state index contributed by atoms with van der Waals surface area (Å²) >= 11 is 0. The van der Waals surface area contributed by atoms with Gasteiger partial charge in [-0.2, -0.15) is 0 Å². The Morgan fingerprint density at radius 1 is 1.22 bits per heavy atom. The molecular weight excluding hydrogens is 352 g/mol. The molecule has 0 fully saturated rings. The molecule has 1 aromatic carbocycles. The first kappa shape index (κ1) is 20.3. The number of benzene rings is 1. The normalized spacial score (nSPS) is 11.6.